The van der Waals surface area contributed by atoms with Gasteiger partial charge < -0.3 is 5.41 Å². The van der Waals surface area contributed by atoms with Crippen LogP contribution in [-0.2, 0) is 0 Å². The maximum Gasteiger partial charge on any atom is 0.130 e. The van der Waals surface area contributed by atoms with Crippen LogP contribution < -0.4 is 0 Å². The number of allylic oxidation sites excluding steroid dienone is 5. The highest BCUT2D eigenvalue weighted by molar-refractivity contribution is 9.11. The molecule has 0 bridgehead atoms. The average Bonchev–Trinajstić information content (AvgIpc) is 2.22. The summed E-state index contributed by atoms with van der Waals surface area (Å²) >= 11 is 3.00. The van der Waals surface area contributed by atoms with E-state index in [0.717, 1.165) is 0 Å². The summed E-state index contributed by atoms with van der Waals surface area (Å²) in [6, 6.07) is 4.94. The maximum absolute atomic E-state index is 8.40. The third kappa shape index (κ3) is 4.04. The predicted molar refractivity (Wildman–Crippen MR) is 53.8 cm³/mol. The molecule has 0 aromatic carbocycles. The molecule has 0 aliphatic rings. The summed E-state index contributed by atoms with van der Waals surface area (Å²) in [6.07, 6.45) is 2.46. The van der Waals surface area contributed by atoms with Gasteiger partial charge in [0, 0.05) is 4.48 Å². The van der Waals surface area contributed by atoms with Crippen molar-refractivity contribution in [2.45, 2.75) is 0 Å². The molecule has 0 aromatic heterocycles. The molecule has 0 aromatic rings. The molecule has 4 nitrogen and oxygen atoms in total. The van der Waals surface area contributed by atoms with Crippen LogP contribution in [-0.4, -0.2) is 5.87 Å². The molecular formula is C9H2BrN4-. The molecule has 0 rings (SSSR count). The lowest BCUT2D eigenvalue weighted by atomic mass is 10.2. The second-order valence-electron chi connectivity index (χ2n) is 1.95. The van der Waals surface area contributed by atoms with E-state index >= 15 is 0 Å². The van der Waals surface area contributed by atoms with Crippen molar-refractivity contribution in [3.63, 3.8) is 0 Å². The molecule has 0 amide bonds. The molecule has 0 aliphatic carbocycles. The minimum absolute atomic E-state index is 0.108. The molecule has 0 radical (unpaired) electrons. The van der Waals surface area contributed by atoms with Gasteiger partial charge in [-0.05, 0) is 12.2 Å². The van der Waals surface area contributed by atoms with Crippen molar-refractivity contribution in [1.82, 2.24) is 0 Å². The van der Waals surface area contributed by atoms with Crippen molar-refractivity contribution in [3.8, 4) is 18.2 Å². The molecular weight excluding hydrogens is 244 g/mol. The lowest BCUT2D eigenvalue weighted by Crippen LogP contribution is -1.76. The first-order chi connectivity index (χ1) is 6.67. The third-order valence-electron chi connectivity index (χ3n) is 1.05. The number of rotatable bonds is 2. The second kappa shape index (κ2) is 6.40. The van der Waals surface area contributed by atoms with Crippen molar-refractivity contribution in [1.29, 1.82) is 15.8 Å². The Kier molecular flexibility index (Phi) is 5.43. The highest BCUT2D eigenvalue weighted by Crippen LogP contribution is 2.11. The Morgan fingerprint density at radius 1 is 1.07 bits per heavy atom. The van der Waals surface area contributed by atoms with E-state index in [1.165, 1.54) is 12.2 Å². The van der Waals surface area contributed by atoms with Gasteiger partial charge in [-0.25, -0.2) is 0 Å². The summed E-state index contributed by atoms with van der Waals surface area (Å²) in [5.41, 5.74) is -0.216. The zero-order valence-corrected chi connectivity index (χ0v) is 8.41. The van der Waals surface area contributed by atoms with Crippen molar-refractivity contribution in [3.05, 3.63) is 33.2 Å². The molecule has 0 fully saturated rings. The van der Waals surface area contributed by atoms with Crippen LogP contribution in [0, 0.1) is 34.0 Å². The Morgan fingerprint density at radius 2 is 1.64 bits per heavy atom. The zero-order chi connectivity index (χ0) is 11.0. The summed E-state index contributed by atoms with van der Waals surface area (Å²) in [6.45, 7) is 0. The standard InChI is InChI=1S/C9H2BrN4/c10-9(1-7(3-11)4-12)2-8(5-13)6-14/h1-2H/q-1/b9-1+. The molecule has 66 valence electrons. The number of nitriles is 3. The van der Waals surface area contributed by atoms with Crippen LogP contribution in [0.15, 0.2) is 27.8 Å². The normalized spacial score (nSPS) is 8.57. The van der Waals surface area contributed by atoms with E-state index in [4.69, 9.17) is 21.2 Å². The summed E-state index contributed by atoms with van der Waals surface area (Å²) in [7, 11) is 0. The Balaban J connectivity index is 5.05. The van der Waals surface area contributed by atoms with Gasteiger partial charge in [0.15, 0.2) is 0 Å². The molecule has 0 saturated carbocycles. The van der Waals surface area contributed by atoms with Crippen molar-refractivity contribution in [2.24, 2.45) is 0 Å². The van der Waals surface area contributed by atoms with Gasteiger partial charge >= 0.3 is 0 Å². The van der Waals surface area contributed by atoms with Crippen LogP contribution in [0.3, 0.4) is 0 Å². The Labute approximate surface area is 89.3 Å². The van der Waals surface area contributed by atoms with Crippen LogP contribution in [0.1, 0.15) is 0 Å². The van der Waals surface area contributed by atoms with Crippen LogP contribution >= 0.6 is 15.9 Å². The van der Waals surface area contributed by atoms with Gasteiger partial charge in [0.1, 0.15) is 23.8 Å². The largest absolute Gasteiger partial charge is 0.762 e. The van der Waals surface area contributed by atoms with Gasteiger partial charge in [-0.15, -0.1) is 0 Å². The van der Waals surface area contributed by atoms with E-state index in [-0.39, 0.29) is 11.1 Å². The molecule has 0 atom stereocenters. The SMILES string of the molecule is N#CC(=C=[N-])/C=C(/Br)C=C(C#N)C#N. The highest BCUT2D eigenvalue weighted by Gasteiger charge is 1.94. The predicted octanol–water partition coefficient (Wildman–Crippen LogP) is 1.93. The van der Waals surface area contributed by atoms with Gasteiger partial charge in [-0.2, -0.15) is 15.8 Å². The first-order valence-corrected chi connectivity index (χ1v) is 4.03. The number of halogens is 1. The van der Waals surface area contributed by atoms with E-state index in [9.17, 15) is 0 Å². The Morgan fingerprint density at radius 3 is 2.00 bits per heavy atom. The van der Waals surface area contributed by atoms with Crippen molar-refractivity contribution >= 4 is 21.8 Å². The van der Waals surface area contributed by atoms with Crippen LogP contribution in [0.25, 0.3) is 5.41 Å². The monoisotopic (exact) mass is 245 g/mol. The molecule has 0 saturated heterocycles. The zero-order valence-electron chi connectivity index (χ0n) is 6.82. The van der Waals surface area contributed by atoms with Crippen LogP contribution in [0.5, 0.6) is 0 Å². The fourth-order valence-electron chi connectivity index (χ4n) is 0.497. The minimum atomic E-state index is -0.108. The van der Waals surface area contributed by atoms with Gasteiger partial charge in [0.25, 0.3) is 0 Å². The summed E-state index contributed by atoms with van der Waals surface area (Å²) < 4.78 is 0.328. The van der Waals surface area contributed by atoms with Gasteiger partial charge in [0.05, 0.1) is 5.57 Å². The van der Waals surface area contributed by atoms with Crippen LogP contribution in [0.4, 0.5) is 0 Å². The Bertz CT molecular complexity index is 443. The first-order valence-electron chi connectivity index (χ1n) is 3.24. The third-order valence-corrected chi connectivity index (χ3v) is 1.50. The van der Waals surface area contributed by atoms with Crippen molar-refractivity contribution in [2.75, 3.05) is 0 Å². The maximum atomic E-state index is 8.40. The first kappa shape index (κ1) is 11.9. The highest BCUT2D eigenvalue weighted by atomic mass is 79.9. The topological polar surface area (TPSA) is 93.7 Å². The molecule has 0 unspecified atom stereocenters. The molecule has 0 heterocycles. The molecule has 0 N–H and O–H groups in total. The van der Waals surface area contributed by atoms with Gasteiger partial charge in [0.2, 0.25) is 0 Å². The summed E-state index contributed by atoms with van der Waals surface area (Å²) in [5.74, 6) is 1.65. The van der Waals surface area contributed by atoms with E-state index in [2.05, 4.69) is 15.9 Å². The summed E-state index contributed by atoms with van der Waals surface area (Å²) in [5, 5.41) is 33.6. The number of hydrogen-bond donors (Lipinski definition) is 0. The lowest BCUT2D eigenvalue weighted by Gasteiger charge is -1.88. The fraction of sp³-hybridized carbons (Fsp3) is 0. The minimum Gasteiger partial charge on any atom is -0.762 e. The van der Waals surface area contributed by atoms with Crippen LogP contribution in [0.2, 0.25) is 0 Å². The number of hydrogen-bond acceptors (Lipinski definition) is 3. The van der Waals surface area contributed by atoms with Gasteiger partial charge in [-0.1, -0.05) is 15.9 Å². The number of nitrogens with zero attached hydrogens (tertiary/aromatic N) is 4. The summed E-state index contributed by atoms with van der Waals surface area (Å²) in [4.78, 5) is 0. The van der Waals surface area contributed by atoms with E-state index in [1.54, 1.807) is 24.1 Å². The molecule has 0 spiro atoms. The second-order valence-corrected chi connectivity index (χ2v) is 2.86. The van der Waals surface area contributed by atoms with Crippen molar-refractivity contribution < 1.29 is 0 Å². The Hall–Kier alpha value is -2.12. The van der Waals surface area contributed by atoms with E-state index in [1.807, 2.05) is 0 Å². The quantitative estimate of drug-likeness (QED) is 0.423. The molecule has 0 aliphatic heterocycles. The average molecular weight is 246 g/mol. The van der Waals surface area contributed by atoms with E-state index < -0.39 is 0 Å². The molecule has 14 heavy (non-hydrogen) atoms. The van der Waals surface area contributed by atoms with E-state index in [0.29, 0.717) is 4.48 Å². The smallest absolute Gasteiger partial charge is 0.130 e. The fourth-order valence-corrected chi connectivity index (χ4v) is 0.954. The lowest BCUT2D eigenvalue weighted by molar-refractivity contribution is 1.46. The van der Waals surface area contributed by atoms with Gasteiger partial charge in [-0.3, -0.25) is 5.87 Å². The molecule has 5 heteroatoms.